The van der Waals surface area contributed by atoms with Crippen LogP contribution in [0.15, 0.2) is 140 Å². The van der Waals surface area contributed by atoms with E-state index < -0.39 is 0 Å². The predicted octanol–water partition coefficient (Wildman–Crippen LogP) is 12.9. The van der Waals surface area contributed by atoms with Gasteiger partial charge in [0.25, 0.3) is 0 Å². The summed E-state index contributed by atoms with van der Waals surface area (Å²) in [4.78, 5) is 0. The average Bonchev–Trinajstić information content (AvgIpc) is 3.70. The lowest BCUT2D eigenvalue weighted by molar-refractivity contribution is 0.420. The molecule has 0 saturated heterocycles. The summed E-state index contributed by atoms with van der Waals surface area (Å²) in [6, 6.07) is 54.0. The molecule has 0 aliphatic carbocycles. The van der Waals surface area contributed by atoms with Crippen LogP contribution < -0.4 is 4.74 Å². The molecule has 0 fully saturated rings. The Morgan fingerprint density at radius 3 is 1.50 bits per heavy atom. The highest BCUT2D eigenvalue weighted by molar-refractivity contribution is 6.42. The van der Waals surface area contributed by atoms with E-state index in [-0.39, 0.29) is 0 Å². The summed E-state index contributed by atoms with van der Waals surface area (Å²) < 4.78 is 5.91. The number of methoxy groups -OCH3 is 1. The maximum atomic E-state index is 9.75. The van der Waals surface area contributed by atoms with Gasteiger partial charge >= 0.3 is 0 Å². The summed E-state index contributed by atoms with van der Waals surface area (Å²) in [5, 5.41) is 38.7. The van der Waals surface area contributed by atoms with Crippen LogP contribution >= 0.6 is 0 Å². The molecule has 0 saturated carbocycles. The Bertz CT molecular complexity index is 3380. The summed E-state index contributed by atoms with van der Waals surface area (Å²) in [7, 11) is 1.73. The van der Waals surface area contributed by atoms with Crippen molar-refractivity contribution in [3.05, 3.63) is 151 Å². The minimum Gasteiger partial charge on any atom is -0.496 e. The highest BCUT2D eigenvalue weighted by Gasteiger charge is 2.26. The monoisotopic (exact) mass is 658 g/mol. The van der Waals surface area contributed by atoms with Crippen molar-refractivity contribution in [1.82, 2.24) is 0 Å². The molecule has 0 atom stereocenters. The van der Waals surface area contributed by atoms with Gasteiger partial charge in [0, 0.05) is 10.8 Å². The summed E-state index contributed by atoms with van der Waals surface area (Å²) in [6.45, 7) is 0. The molecule has 0 heterocycles. The molecule has 0 N–H and O–H groups in total. The summed E-state index contributed by atoms with van der Waals surface area (Å²) in [6.07, 6.45) is 0. The second-order valence-corrected chi connectivity index (χ2v) is 13.7. The topological polar surface area (TPSA) is 56.8 Å². The molecular formula is C49H26N2O. The molecule has 3 heteroatoms. The van der Waals surface area contributed by atoms with Crippen molar-refractivity contribution in [2.24, 2.45) is 0 Å². The van der Waals surface area contributed by atoms with Crippen LogP contribution in [0.25, 0.3) is 108 Å². The molecule has 0 amide bonds. The molecule has 0 aliphatic heterocycles. The quantitative estimate of drug-likeness (QED) is 0.178. The highest BCUT2D eigenvalue weighted by atomic mass is 16.5. The van der Waals surface area contributed by atoms with Gasteiger partial charge in [-0.1, -0.05) is 84.9 Å². The maximum Gasteiger partial charge on any atom is 0.126 e. The van der Waals surface area contributed by atoms with Crippen molar-refractivity contribution in [3.63, 3.8) is 0 Å². The van der Waals surface area contributed by atoms with E-state index in [4.69, 9.17) is 4.74 Å². The molecule has 0 bridgehead atoms. The normalized spacial score (nSPS) is 11.9. The molecule has 0 aromatic heterocycles. The van der Waals surface area contributed by atoms with Crippen LogP contribution in [0.3, 0.4) is 0 Å². The van der Waals surface area contributed by atoms with Crippen LogP contribution in [0.4, 0.5) is 0 Å². The van der Waals surface area contributed by atoms with E-state index in [1.54, 1.807) is 7.11 Å². The second-order valence-electron chi connectivity index (χ2n) is 13.7. The first-order chi connectivity index (χ1) is 25.7. The van der Waals surface area contributed by atoms with Crippen molar-refractivity contribution < 1.29 is 4.74 Å². The van der Waals surface area contributed by atoms with E-state index in [0.717, 1.165) is 54.9 Å². The first-order valence-corrected chi connectivity index (χ1v) is 17.4. The Hall–Kier alpha value is -7.20. The molecule has 3 nitrogen and oxygen atoms in total. The largest absolute Gasteiger partial charge is 0.496 e. The first-order valence-electron chi connectivity index (χ1n) is 17.4. The van der Waals surface area contributed by atoms with Gasteiger partial charge in [0.2, 0.25) is 0 Å². The fraction of sp³-hybridized carbons (Fsp3) is 0.0204. The Morgan fingerprint density at radius 2 is 0.885 bits per heavy atom. The van der Waals surface area contributed by atoms with E-state index >= 15 is 0 Å². The Kier molecular flexibility index (Phi) is 5.73. The standard InChI is InChI=1S/C49H26N2O/c1-52-43-21-20-37-47-35(43)10-5-11-36(47)48-44(29-16-12-27(25-50)13-17-29)42-24-39-38(23-41(42)45(49(37)48)30-18-14-28(26-51)15-19-30)34-9-4-8-33-32-7-3-2-6-31(32)22-40(39)46(33)34/h2-24H,1H3. The van der Waals surface area contributed by atoms with Crippen LogP contribution in [-0.2, 0) is 0 Å². The molecule has 52 heavy (non-hydrogen) atoms. The smallest absolute Gasteiger partial charge is 0.126 e. The van der Waals surface area contributed by atoms with Crippen LogP contribution in [0, 0.1) is 22.7 Å². The van der Waals surface area contributed by atoms with E-state index in [2.05, 4.69) is 127 Å². The zero-order chi connectivity index (χ0) is 34.7. The van der Waals surface area contributed by atoms with Crippen LogP contribution in [0.2, 0.25) is 0 Å². The molecular weight excluding hydrogens is 633 g/mol. The van der Waals surface area contributed by atoms with Gasteiger partial charge in [0.15, 0.2) is 0 Å². The van der Waals surface area contributed by atoms with Crippen molar-refractivity contribution in [3.8, 4) is 40.1 Å². The Labute approximate surface area is 298 Å². The number of nitriles is 2. The minimum atomic E-state index is 0.629. The SMILES string of the molecule is COc1ccc2c3c(-c4ccc(C#N)cc4)c4cc5c(cc4c(-c4ccc(C#N)cc4)c3c3cccc1c23)c1cc2ccccc2c2cccc5c21. The summed E-state index contributed by atoms with van der Waals surface area (Å²) >= 11 is 0. The van der Waals surface area contributed by atoms with Gasteiger partial charge in [-0.25, -0.2) is 0 Å². The van der Waals surface area contributed by atoms with Gasteiger partial charge in [-0.2, -0.15) is 10.5 Å². The third kappa shape index (κ3) is 3.67. The van der Waals surface area contributed by atoms with Crippen molar-refractivity contribution in [2.75, 3.05) is 7.11 Å². The van der Waals surface area contributed by atoms with E-state index in [1.165, 1.54) is 59.2 Å². The summed E-state index contributed by atoms with van der Waals surface area (Å²) in [5.74, 6) is 0.841. The number of benzene rings is 9. The number of hydrogen-bond donors (Lipinski definition) is 0. The molecule has 11 aromatic carbocycles. The van der Waals surface area contributed by atoms with Crippen LogP contribution in [-0.4, -0.2) is 7.11 Å². The lowest BCUT2D eigenvalue weighted by Gasteiger charge is -2.17. The fourth-order valence-corrected chi connectivity index (χ4v) is 9.11. The number of rotatable bonds is 3. The third-order valence-corrected chi connectivity index (χ3v) is 11.3. The van der Waals surface area contributed by atoms with Crippen molar-refractivity contribution in [1.29, 1.82) is 10.5 Å². The van der Waals surface area contributed by atoms with Crippen LogP contribution in [0.1, 0.15) is 11.1 Å². The average molecular weight is 659 g/mol. The maximum absolute atomic E-state index is 9.75. The second kappa shape index (κ2) is 10.4. The predicted molar refractivity (Wildman–Crippen MR) is 216 cm³/mol. The molecule has 11 rings (SSSR count). The van der Waals surface area contributed by atoms with Gasteiger partial charge in [-0.3, -0.25) is 0 Å². The van der Waals surface area contributed by atoms with E-state index in [9.17, 15) is 10.5 Å². The minimum absolute atomic E-state index is 0.629. The molecule has 238 valence electrons. The van der Waals surface area contributed by atoms with E-state index in [0.29, 0.717) is 11.1 Å². The van der Waals surface area contributed by atoms with Crippen molar-refractivity contribution >= 4 is 86.2 Å². The molecule has 0 aliphatic rings. The zero-order valence-electron chi connectivity index (χ0n) is 28.1. The van der Waals surface area contributed by atoms with Gasteiger partial charge in [0.05, 0.1) is 30.4 Å². The fourth-order valence-electron chi connectivity index (χ4n) is 9.11. The number of hydrogen-bond acceptors (Lipinski definition) is 3. The highest BCUT2D eigenvalue weighted by Crippen LogP contribution is 2.54. The molecule has 0 radical (unpaired) electrons. The lowest BCUT2D eigenvalue weighted by Crippen LogP contribution is -1.90. The molecule has 11 aromatic rings. The number of nitrogens with zero attached hydrogens (tertiary/aromatic N) is 2. The number of fused-ring (bicyclic) bond motifs is 9. The van der Waals surface area contributed by atoms with E-state index in [1.807, 2.05) is 24.3 Å². The Balaban J connectivity index is 1.44. The lowest BCUT2D eigenvalue weighted by atomic mass is 9.85. The first kappa shape index (κ1) is 28.6. The zero-order valence-corrected chi connectivity index (χ0v) is 28.1. The third-order valence-electron chi connectivity index (χ3n) is 11.3. The number of ether oxygens (including phenoxy) is 1. The van der Waals surface area contributed by atoms with Gasteiger partial charge in [-0.15, -0.1) is 0 Å². The molecule has 0 spiro atoms. The van der Waals surface area contributed by atoms with Crippen molar-refractivity contribution in [2.45, 2.75) is 0 Å². The van der Waals surface area contributed by atoms with Crippen LogP contribution in [0.5, 0.6) is 5.75 Å². The molecule has 0 unspecified atom stereocenters. The Morgan fingerprint density at radius 1 is 0.385 bits per heavy atom. The van der Waals surface area contributed by atoms with Gasteiger partial charge in [-0.05, 0) is 152 Å². The van der Waals surface area contributed by atoms with Gasteiger partial charge in [0.1, 0.15) is 5.75 Å². The van der Waals surface area contributed by atoms with Gasteiger partial charge < -0.3 is 4.74 Å². The summed E-state index contributed by atoms with van der Waals surface area (Å²) in [5.41, 5.74) is 5.66.